The van der Waals surface area contributed by atoms with Crippen molar-refractivity contribution in [2.24, 2.45) is 0 Å². The molecule has 29 heavy (non-hydrogen) atoms. The molecule has 0 unspecified atom stereocenters. The molecule has 1 amide bonds. The minimum absolute atomic E-state index is 0.0441. The average molecular weight is 414 g/mol. The molecule has 0 saturated heterocycles. The van der Waals surface area contributed by atoms with E-state index in [1.54, 1.807) is 17.1 Å². The van der Waals surface area contributed by atoms with E-state index < -0.39 is 20.7 Å². The first kappa shape index (κ1) is 19.3. The molecule has 9 heteroatoms. The maximum Gasteiger partial charge on any atom is 0.246 e. The summed E-state index contributed by atoms with van der Waals surface area (Å²) < 4.78 is 43.2. The van der Waals surface area contributed by atoms with Gasteiger partial charge in [0, 0.05) is 37.5 Å². The summed E-state index contributed by atoms with van der Waals surface area (Å²) in [5.74, 6) is -1.10. The van der Waals surface area contributed by atoms with E-state index in [0.29, 0.717) is 23.2 Å². The van der Waals surface area contributed by atoms with Crippen LogP contribution in [-0.4, -0.2) is 35.5 Å². The number of aromatic nitrogens is 2. The maximum atomic E-state index is 14.6. The second-order valence-corrected chi connectivity index (χ2v) is 8.89. The van der Waals surface area contributed by atoms with E-state index in [4.69, 9.17) is 0 Å². The normalized spacial score (nSPS) is 14.0. The number of nitrogens with zero attached hydrogens (tertiary/aromatic N) is 3. The summed E-state index contributed by atoms with van der Waals surface area (Å²) in [6.07, 6.45) is 3.93. The van der Waals surface area contributed by atoms with E-state index in [1.807, 2.05) is 30.3 Å². The third-order valence-electron chi connectivity index (χ3n) is 4.80. The van der Waals surface area contributed by atoms with Gasteiger partial charge < -0.3 is 5.32 Å². The van der Waals surface area contributed by atoms with Crippen molar-refractivity contribution in [2.45, 2.75) is 24.3 Å². The number of carbonyl (C=O) groups is 1. The van der Waals surface area contributed by atoms with Gasteiger partial charge in [0.2, 0.25) is 15.9 Å². The van der Waals surface area contributed by atoms with Crippen molar-refractivity contribution in [2.75, 3.05) is 12.4 Å². The van der Waals surface area contributed by atoms with Crippen LogP contribution in [0.5, 0.6) is 0 Å². The Balaban J connectivity index is 1.58. The molecule has 0 aliphatic carbocycles. The zero-order valence-corrected chi connectivity index (χ0v) is 16.5. The zero-order valence-electron chi connectivity index (χ0n) is 15.7. The van der Waals surface area contributed by atoms with E-state index in [0.717, 1.165) is 16.1 Å². The van der Waals surface area contributed by atoms with E-state index in [1.165, 1.54) is 13.1 Å². The van der Waals surface area contributed by atoms with Gasteiger partial charge in [-0.2, -0.15) is 9.40 Å². The van der Waals surface area contributed by atoms with Crippen molar-refractivity contribution < 1.29 is 17.6 Å². The highest BCUT2D eigenvalue weighted by atomic mass is 32.2. The Morgan fingerprint density at radius 1 is 1.21 bits per heavy atom. The van der Waals surface area contributed by atoms with Crippen molar-refractivity contribution in [3.05, 3.63) is 71.8 Å². The van der Waals surface area contributed by atoms with Gasteiger partial charge in [0.1, 0.15) is 10.7 Å². The van der Waals surface area contributed by atoms with Crippen LogP contribution in [0.25, 0.3) is 5.69 Å². The van der Waals surface area contributed by atoms with Crippen molar-refractivity contribution in [1.82, 2.24) is 14.1 Å². The lowest BCUT2D eigenvalue weighted by Crippen LogP contribution is -2.28. The number of amides is 1. The number of fused-ring (bicyclic) bond motifs is 1. The molecule has 1 N–H and O–H groups in total. The highest BCUT2D eigenvalue weighted by Gasteiger charge is 2.28. The van der Waals surface area contributed by atoms with Gasteiger partial charge in [-0.1, -0.05) is 18.2 Å². The van der Waals surface area contributed by atoms with Crippen LogP contribution in [-0.2, 0) is 27.8 Å². The Bertz CT molecular complexity index is 1180. The van der Waals surface area contributed by atoms with Crippen molar-refractivity contribution >= 4 is 21.6 Å². The third kappa shape index (κ3) is 3.79. The van der Waals surface area contributed by atoms with Crippen molar-refractivity contribution in [1.29, 1.82) is 0 Å². The molecule has 0 saturated carbocycles. The maximum absolute atomic E-state index is 14.6. The summed E-state index contributed by atoms with van der Waals surface area (Å²) in [6, 6.07) is 11.8. The second-order valence-electron chi connectivity index (χ2n) is 6.88. The number of halogens is 1. The number of para-hydroxylation sites is 1. The fraction of sp³-hybridized carbons (Fsp3) is 0.200. The zero-order chi connectivity index (χ0) is 20.6. The van der Waals surface area contributed by atoms with Crippen LogP contribution in [0.2, 0.25) is 0 Å². The number of aryl methyl sites for hydroxylation is 1. The van der Waals surface area contributed by atoms with Gasteiger partial charge in [0.25, 0.3) is 0 Å². The number of carbonyl (C=O) groups excluding carboxylic acids is 1. The Labute approximate surface area is 167 Å². The molecule has 150 valence electrons. The Kier molecular flexibility index (Phi) is 4.93. The average Bonchev–Trinajstić information content (AvgIpc) is 3.16. The monoisotopic (exact) mass is 414 g/mol. The van der Waals surface area contributed by atoms with Crippen molar-refractivity contribution in [3.63, 3.8) is 0 Å². The Morgan fingerprint density at radius 3 is 2.72 bits per heavy atom. The number of rotatable bonds is 5. The lowest BCUT2D eigenvalue weighted by Gasteiger charge is -2.21. The predicted molar refractivity (Wildman–Crippen MR) is 106 cm³/mol. The van der Waals surface area contributed by atoms with Crippen LogP contribution < -0.4 is 5.32 Å². The first-order valence-corrected chi connectivity index (χ1v) is 10.5. The first-order valence-electron chi connectivity index (χ1n) is 9.02. The molecule has 0 atom stereocenters. The van der Waals surface area contributed by atoms with Crippen molar-refractivity contribution in [3.8, 4) is 5.69 Å². The summed E-state index contributed by atoms with van der Waals surface area (Å²) >= 11 is 0. The largest absolute Gasteiger partial charge is 0.326 e. The highest BCUT2D eigenvalue weighted by Crippen LogP contribution is 2.29. The van der Waals surface area contributed by atoms with E-state index >= 15 is 0 Å². The molecule has 3 aromatic rings. The molecule has 0 fully saturated rings. The molecule has 2 aromatic carbocycles. The summed E-state index contributed by atoms with van der Waals surface area (Å²) in [5.41, 5.74) is 2.46. The summed E-state index contributed by atoms with van der Waals surface area (Å²) in [5, 5.41) is 6.83. The number of hydrogen-bond donors (Lipinski definition) is 1. The van der Waals surface area contributed by atoms with Gasteiger partial charge in [-0.3, -0.25) is 4.79 Å². The SMILES string of the molecule is CN(Cc1cnn(-c2ccccc2)c1)S(=O)(=O)c1cc2c(cc1F)NC(=O)CC2. The van der Waals surface area contributed by atoms with Crippen LogP contribution in [0.4, 0.5) is 10.1 Å². The highest BCUT2D eigenvalue weighted by molar-refractivity contribution is 7.89. The smallest absolute Gasteiger partial charge is 0.246 e. The van der Waals surface area contributed by atoms with Gasteiger partial charge in [-0.25, -0.2) is 17.5 Å². The van der Waals surface area contributed by atoms with Crippen LogP contribution in [0.3, 0.4) is 0 Å². The third-order valence-corrected chi connectivity index (χ3v) is 6.62. The number of sulfonamides is 1. The van der Waals surface area contributed by atoms with Gasteiger partial charge in [-0.05, 0) is 36.2 Å². The van der Waals surface area contributed by atoms with Gasteiger partial charge >= 0.3 is 0 Å². The molecule has 0 spiro atoms. The van der Waals surface area contributed by atoms with Crippen LogP contribution in [0, 0.1) is 5.82 Å². The number of benzene rings is 2. The van der Waals surface area contributed by atoms with Crippen LogP contribution >= 0.6 is 0 Å². The molecule has 1 aromatic heterocycles. The fourth-order valence-electron chi connectivity index (χ4n) is 3.25. The van der Waals surface area contributed by atoms with Gasteiger partial charge in [0.05, 0.1) is 11.9 Å². The molecule has 0 radical (unpaired) electrons. The summed E-state index contributed by atoms with van der Waals surface area (Å²) in [4.78, 5) is 11.1. The summed E-state index contributed by atoms with van der Waals surface area (Å²) in [7, 11) is -2.66. The first-order chi connectivity index (χ1) is 13.8. The molecule has 1 aliphatic rings. The lowest BCUT2D eigenvalue weighted by molar-refractivity contribution is -0.116. The molecule has 4 rings (SSSR count). The number of hydrogen-bond acceptors (Lipinski definition) is 4. The molecule has 7 nitrogen and oxygen atoms in total. The minimum Gasteiger partial charge on any atom is -0.326 e. The van der Waals surface area contributed by atoms with Crippen LogP contribution in [0.15, 0.2) is 59.8 Å². The molecular weight excluding hydrogens is 395 g/mol. The molecule has 1 aliphatic heterocycles. The van der Waals surface area contributed by atoms with E-state index in [-0.39, 0.29) is 18.9 Å². The minimum atomic E-state index is -4.06. The fourth-order valence-corrected chi connectivity index (χ4v) is 4.50. The van der Waals surface area contributed by atoms with E-state index in [2.05, 4.69) is 10.4 Å². The lowest BCUT2D eigenvalue weighted by atomic mass is 10.0. The van der Waals surface area contributed by atoms with E-state index in [9.17, 15) is 17.6 Å². The number of nitrogens with one attached hydrogen (secondary N) is 1. The topological polar surface area (TPSA) is 84.3 Å². The summed E-state index contributed by atoms with van der Waals surface area (Å²) in [6.45, 7) is 0.0441. The second kappa shape index (κ2) is 7.41. The molecular formula is C20H19FN4O3S. The number of anilines is 1. The standard InChI is InChI=1S/C20H19FN4O3S/c1-24(12-14-11-22-25(13-14)16-5-3-2-4-6-16)29(27,28)19-9-15-7-8-20(26)23-18(15)10-17(19)21/h2-6,9-11,13H,7-8,12H2,1H3,(H,23,26). The Morgan fingerprint density at radius 2 is 1.97 bits per heavy atom. The quantitative estimate of drug-likeness (QED) is 0.696. The Hall–Kier alpha value is -3.04. The molecule has 0 bridgehead atoms. The predicted octanol–water partition coefficient (Wildman–Crippen LogP) is 2.72. The van der Waals surface area contributed by atoms with Gasteiger partial charge in [0.15, 0.2) is 0 Å². The van der Waals surface area contributed by atoms with Crippen LogP contribution in [0.1, 0.15) is 17.5 Å². The molecule has 2 heterocycles. The van der Waals surface area contributed by atoms with Gasteiger partial charge in [-0.15, -0.1) is 0 Å².